The molecule has 0 aromatic rings. The summed E-state index contributed by atoms with van der Waals surface area (Å²) in [5.74, 6) is 5.35. The van der Waals surface area contributed by atoms with Crippen molar-refractivity contribution in [2.24, 2.45) is 5.90 Å². The quantitative estimate of drug-likeness (QED) is 0.651. The predicted octanol–water partition coefficient (Wildman–Crippen LogP) is 2.21. The third-order valence-corrected chi connectivity index (χ3v) is 2.60. The molecule has 0 spiro atoms. The first-order chi connectivity index (χ1) is 7.18. The molecule has 0 atom stereocenters. The lowest BCUT2D eigenvalue weighted by molar-refractivity contribution is -0.119. The standard InChI is InChI=1S/C12H25NO3/c1-10(14)6-7-11(2,3)15-9-8-12(4,5)16-13/h6-9,13H2,1-5H3. The smallest absolute Gasteiger partial charge is 0.129 e. The molecule has 16 heavy (non-hydrogen) atoms. The number of rotatable bonds is 8. The molecule has 4 nitrogen and oxygen atoms in total. The molecule has 96 valence electrons. The molecule has 2 N–H and O–H groups in total. The van der Waals surface area contributed by atoms with Gasteiger partial charge in [0.2, 0.25) is 0 Å². The fourth-order valence-corrected chi connectivity index (χ4v) is 1.18. The Morgan fingerprint density at radius 1 is 1.12 bits per heavy atom. The fraction of sp³-hybridized carbons (Fsp3) is 0.917. The number of nitrogens with two attached hydrogens (primary N) is 1. The Hall–Kier alpha value is -0.450. The summed E-state index contributed by atoms with van der Waals surface area (Å²) >= 11 is 0. The summed E-state index contributed by atoms with van der Waals surface area (Å²) in [5, 5.41) is 0. The van der Waals surface area contributed by atoms with E-state index in [0.717, 1.165) is 12.8 Å². The van der Waals surface area contributed by atoms with E-state index in [1.807, 2.05) is 27.7 Å². The molecule has 0 aliphatic rings. The minimum Gasteiger partial charge on any atom is -0.375 e. The van der Waals surface area contributed by atoms with Crippen LogP contribution in [0.3, 0.4) is 0 Å². The Kier molecular flexibility index (Phi) is 6.15. The van der Waals surface area contributed by atoms with Crippen LogP contribution >= 0.6 is 0 Å². The highest BCUT2D eigenvalue weighted by Gasteiger charge is 2.22. The summed E-state index contributed by atoms with van der Waals surface area (Å²) in [6.45, 7) is 9.99. The highest BCUT2D eigenvalue weighted by Crippen LogP contribution is 2.19. The number of hydrogen-bond donors (Lipinski definition) is 1. The van der Waals surface area contributed by atoms with Crippen LogP contribution in [0.15, 0.2) is 0 Å². The van der Waals surface area contributed by atoms with Crippen molar-refractivity contribution in [1.82, 2.24) is 0 Å². The van der Waals surface area contributed by atoms with Crippen LogP contribution in [0.5, 0.6) is 0 Å². The number of ketones is 1. The van der Waals surface area contributed by atoms with Crippen LogP contribution in [-0.2, 0) is 14.4 Å². The van der Waals surface area contributed by atoms with Gasteiger partial charge >= 0.3 is 0 Å². The lowest BCUT2D eigenvalue weighted by atomic mass is 10.0. The maximum atomic E-state index is 10.9. The van der Waals surface area contributed by atoms with Crippen molar-refractivity contribution in [3.63, 3.8) is 0 Å². The zero-order valence-electron chi connectivity index (χ0n) is 11.1. The van der Waals surface area contributed by atoms with E-state index in [4.69, 9.17) is 15.5 Å². The van der Waals surface area contributed by atoms with E-state index in [0.29, 0.717) is 13.0 Å². The summed E-state index contributed by atoms with van der Waals surface area (Å²) in [4.78, 5) is 15.7. The Bertz CT molecular complexity index is 224. The molecule has 0 rings (SSSR count). The maximum Gasteiger partial charge on any atom is 0.129 e. The van der Waals surface area contributed by atoms with Crippen molar-refractivity contribution in [1.29, 1.82) is 0 Å². The molecule has 0 bridgehead atoms. The molecular formula is C12H25NO3. The average Bonchev–Trinajstić information content (AvgIpc) is 2.14. The summed E-state index contributed by atoms with van der Waals surface area (Å²) in [6.07, 6.45) is 2.03. The van der Waals surface area contributed by atoms with Crippen molar-refractivity contribution in [2.45, 2.75) is 65.1 Å². The topological polar surface area (TPSA) is 61.5 Å². The molecule has 0 saturated heterocycles. The number of hydrogen-bond acceptors (Lipinski definition) is 4. The second-order valence-electron chi connectivity index (χ2n) is 5.44. The van der Waals surface area contributed by atoms with Crippen molar-refractivity contribution in [3.05, 3.63) is 0 Å². The van der Waals surface area contributed by atoms with Gasteiger partial charge in [-0.2, -0.15) is 0 Å². The van der Waals surface area contributed by atoms with Gasteiger partial charge < -0.3 is 9.53 Å². The van der Waals surface area contributed by atoms with E-state index in [9.17, 15) is 4.79 Å². The van der Waals surface area contributed by atoms with Gasteiger partial charge in [-0.15, -0.1) is 0 Å². The third kappa shape index (κ3) is 7.79. The van der Waals surface area contributed by atoms with Gasteiger partial charge in [-0.05, 0) is 41.0 Å². The van der Waals surface area contributed by atoms with Gasteiger partial charge in [-0.1, -0.05) is 0 Å². The molecule has 0 amide bonds. The Morgan fingerprint density at radius 3 is 2.12 bits per heavy atom. The molecule has 4 heteroatoms. The average molecular weight is 231 g/mol. The number of ether oxygens (including phenoxy) is 1. The van der Waals surface area contributed by atoms with Crippen LogP contribution in [0, 0.1) is 0 Å². The van der Waals surface area contributed by atoms with E-state index in [-0.39, 0.29) is 17.0 Å². The van der Waals surface area contributed by atoms with E-state index < -0.39 is 0 Å². The highest BCUT2D eigenvalue weighted by molar-refractivity contribution is 5.75. The molecule has 0 aliphatic carbocycles. The Balaban J connectivity index is 3.86. The van der Waals surface area contributed by atoms with E-state index in [1.54, 1.807) is 6.92 Å². The molecule has 0 unspecified atom stereocenters. The number of carbonyl (C=O) groups is 1. The van der Waals surface area contributed by atoms with Crippen molar-refractivity contribution >= 4 is 5.78 Å². The van der Waals surface area contributed by atoms with Crippen LogP contribution < -0.4 is 5.90 Å². The van der Waals surface area contributed by atoms with Crippen LogP contribution in [0.1, 0.15) is 53.9 Å². The monoisotopic (exact) mass is 231 g/mol. The number of carbonyl (C=O) groups excluding carboxylic acids is 1. The number of Topliss-reactive ketones (excluding diaryl/α,β-unsaturated/α-hetero) is 1. The first-order valence-electron chi connectivity index (χ1n) is 5.70. The highest BCUT2D eigenvalue weighted by atomic mass is 16.6. The molecule has 0 heterocycles. The maximum absolute atomic E-state index is 10.9. The van der Waals surface area contributed by atoms with Gasteiger partial charge in [-0.25, -0.2) is 5.90 Å². The molecule has 0 saturated carbocycles. The predicted molar refractivity (Wildman–Crippen MR) is 63.9 cm³/mol. The van der Waals surface area contributed by atoms with Gasteiger partial charge in [0.15, 0.2) is 0 Å². The minimum absolute atomic E-state index is 0.197. The molecule has 0 aromatic carbocycles. The van der Waals surface area contributed by atoms with Gasteiger partial charge in [0.05, 0.1) is 17.8 Å². The lowest BCUT2D eigenvalue weighted by Gasteiger charge is -2.28. The summed E-state index contributed by atoms with van der Waals surface area (Å²) in [5.41, 5.74) is -0.632. The van der Waals surface area contributed by atoms with Crippen LogP contribution in [-0.4, -0.2) is 23.6 Å². The molecule has 0 aromatic heterocycles. The van der Waals surface area contributed by atoms with Gasteiger partial charge in [0.25, 0.3) is 0 Å². The first kappa shape index (κ1) is 15.6. The van der Waals surface area contributed by atoms with Gasteiger partial charge in [0, 0.05) is 12.8 Å². The van der Waals surface area contributed by atoms with E-state index in [2.05, 4.69) is 0 Å². The largest absolute Gasteiger partial charge is 0.375 e. The van der Waals surface area contributed by atoms with Crippen LogP contribution in [0.2, 0.25) is 0 Å². The van der Waals surface area contributed by atoms with Crippen LogP contribution in [0.25, 0.3) is 0 Å². The summed E-state index contributed by atoms with van der Waals surface area (Å²) < 4.78 is 5.73. The second-order valence-corrected chi connectivity index (χ2v) is 5.44. The Morgan fingerprint density at radius 2 is 1.69 bits per heavy atom. The van der Waals surface area contributed by atoms with Crippen LogP contribution in [0.4, 0.5) is 0 Å². The fourth-order valence-electron chi connectivity index (χ4n) is 1.18. The van der Waals surface area contributed by atoms with E-state index >= 15 is 0 Å². The van der Waals surface area contributed by atoms with Crippen molar-refractivity contribution in [3.8, 4) is 0 Å². The molecule has 0 aliphatic heterocycles. The lowest BCUT2D eigenvalue weighted by Crippen LogP contribution is -2.32. The molecular weight excluding hydrogens is 206 g/mol. The summed E-state index contributed by atoms with van der Waals surface area (Å²) in [6, 6.07) is 0. The second kappa shape index (κ2) is 6.33. The first-order valence-corrected chi connectivity index (χ1v) is 5.70. The normalized spacial score (nSPS) is 12.9. The molecule has 0 radical (unpaired) electrons. The minimum atomic E-state index is -0.364. The van der Waals surface area contributed by atoms with Crippen molar-refractivity contribution in [2.75, 3.05) is 6.61 Å². The third-order valence-electron chi connectivity index (χ3n) is 2.60. The Labute approximate surface area is 98.4 Å². The molecule has 0 fully saturated rings. The zero-order chi connectivity index (χ0) is 12.8. The van der Waals surface area contributed by atoms with Crippen molar-refractivity contribution < 1.29 is 14.4 Å². The van der Waals surface area contributed by atoms with Gasteiger partial charge in [-0.3, -0.25) is 4.84 Å². The SMILES string of the molecule is CC(=O)CCC(C)(C)OCCC(C)(C)ON. The summed E-state index contributed by atoms with van der Waals surface area (Å²) in [7, 11) is 0. The zero-order valence-corrected chi connectivity index (χ0v) is 11.1. The van der Waals surface area contributed by atoms with E-state index in [1.165, 1.54) is 0 Å². The van der Waals surface area contributed by atoms with Gasteiger partial charge in [0.1, 0.15) is 5.78 Å².